The number of nitrogens with zero attached hydrogens (tertiary/aromatic N) is 2. The lowest BCUT2D eigenvalue weighted by molar-refractivity contribution is 0.0355. The van der Waals surface area contributed by atoms with Gasteiger partial charge in [-0.2, -0.15) is 5.11 Å². The zero-order chi connectivity index (χ0) is 32.7. The maximum atomic E-state index is 10.6. The van der Waals surface area contributed by atoms with E-state index in [1.165, 1.54) is 0 Å². The molecule has 0 aliphatic rings. The standard InChI is InChI=1S/C37H50N2O7/c1-4-6-20-41-22-24-43-26-28-45-34-16-12-32(13-17-34)9-8-31-10-14-33(15-11-31)38-39-35-18-19-36(30(3)37(35)40)46-29-27-44-25-23-42-21-7-5-2/h8-19,40H,4-7,20-29H2,1-3H3/b9-8+,39-38?. The van der Waals surface area contributed by atoms with Crippen LogP contribution in [-0.2, 0) is 18.9 Å². The number of hydrogen-bond donors (Lipinski definition) is 1. The van der Waals surface area contributed by atoms with Crippen LogP contribution in [0.15, 0.2) is 70.9 Å². The van der Waals surface area contributed by atoms with E-state index in [2.05, 4.69) is 24.1 Å². The predicted octanol–water partition coefficient (Wildman–Crippen LogP) is 8.71. The van der Waals surface area contributed by atoms with Crippen LogP contribution >= 0.6 is 0 Å². The normalized spacial score (nSPS) is 11.5. The quantitative estimate of drug-likeness (QED) is 0.0598. The number of unbranched alkanes of at least 4 members (excludes halogenated alkanes) is 2. The Morgan fingerprint density at radius 1 is 0.565 bits per heavy atom. The van der Waals surface area contributed by atoms with Crippen LogP contribution in [-0.4, -0.2) is 71.2 Å². The van der Waals surface area contributed by atoms with Crippen molar-refractivity contribution in [2.45, 2.75) is 46.5 Å². The molecule has 3 aromatic carbocycles. The lowest BCUT2D eigenvalue weighted by Crippen LogP contribution is -2.11. The van der Waals surface area contributed by atoms with Crippen LogP contribution in [0.3, 0.4) is 0 Å². The van der Waals surface area contributed by atoms with Crippen LogP contribution in [0.2, 0.25) is 0 Å². The van der Waals surface area contributed by atoms with Gasteiger partial charge in [0.1, 0.15) is 36.1 Å². The molecule has 0 heterocycles. The Bertz CT molecular complexity index is 1290. The Morgan fingerprint density at radius 2 is 1.07 bits per heavy atom. The third-order valence-corrected chi connectivity index (χ3v) is 6.88. The number of benzene rings is 3. The number of azo groups is 1. The molecule has 0 fully saturated rings. The molecule has 0 unspecified atom stereocenters. The minimum Gasteiger partial charge on any atom is -0.505 e. The maximum absolute atomic E-state index is 10.6. The van der Waals surface area contributed by atoms with Crippen molar-refractivity contribution in [2.24, 2.45) is 10.2 Å². The lowest BCUT2D eigenvalue weighted by Gasteiger charge is -2.11. The van der Waals surface area contributed by atoms with Gasteiger partial charge >= 0.3 is 0 Å². The molecule has 3 aromatic rings. The van der Waals surface area contributed by atoms with Crippen molar-refractivity contribution >= 4 is 23.5 Å². The van der Waals surface area contributed by atoms with Crippen molar-refractivity contribution in [2.75, 3.05) is 66.1 Å². The summed E-state index contributed by atoms with van der Waals surface area (Å²) in [5, 5.41) is 19.2. The summed E-state index contributed by atoms with van der Waals surface area (Å²) in [6.45, 7) is 11.8. The average molecular weight is 635 g/mol. The van der Waals surface area contributed by atoms with Gasteiger partial charge in [0.05, 0.1) is 45.3 Å². The van der Waals surface area contributed by atoms with Crippen LogP contribution in [0.1, 0.15) is 56.2 Å². The number of hydrogen-bond acceptors (Lipinski definition) is 9. The van der Waals surface area contributed by atoms with Gasteiger partial charge in [0, 0.05) is 18.8 Å². The molecule has 0 aliphatic carbocycles. The Balaban J connectivity index is 1.37. The van der Waals surface area contributed by atoms with E-state index in [-0.39, 0.29) is 5.75 Å². The van der Waals surface area contributed by atoms with E-state index in [9.17, 15) is 5.11 Å². The molecule has 46 heavy (non-hydrogen) atoms. The largest absolute Gasteiger partial charge is 0.505 e. The first-order valence-corrected chi connectivity index (χ1v) is 16.3. The van der Waals surface area contributed by atoms with E-state index < -0.39 is 0 Å². The first-order valence-electron chi connectivity index (χ1n) is 16.3. The Morgan fingerprint density at radius 3 is 1.63 bits per heavy atom. The molecular weight excluding hydrogens is 584 g/mol. The highest BCUT2D eigenvalue weighted by atomic mass is 16.5. The van der Waals surface area contributed by atoms with E-state index in [1.54, 1.807) is 19.1 Å². The van der Waals surface area contributed by atoms with Gasteiger partial charge in [0.25, 0.3) is 0 Å². The highest BCUT2D eigenvalue weighted by molar-refractivity contribution is 5.70. The number of phenolic OH excluding ortho intramolecular Hbond substituents is 1. The molecule has 0 aromatic heterocycles. The minimum atomic E-state index is 0.0408. The first kappa shape index (κ1) is 36.7. The average Bonchev–Trinajstić information content (AvgIpc) is 3.08. The van der Waals surface area contributed by atoms with Crippen molar-refractivity contribution in [1.82, 2.24) is 0 Å². The highest BCUT2D eigenvalue weighted by Crippen LogP contribution is 2.36. The molecule has 1 N–H and O–H groups in total. The molecule has 9 nitrogen and oxygen atoms in total. The van der Waals surface area contributed by atoms with Crippen molar-refractivity contribution in [3.05, 3.63) is 77.4 Å². The van der Waals surface area contributed by atoms with E-state index in [0.29, 0.717) is 75.5 Å². The SMILES string of the molecule is CCCCOCCOCCOc1ccc(/C=C/c2ccc(N=Nc3ccc(OCCOCCOCCCC)c(C)c3O)cc2)cc1. The number of phenols is 1. The number of rotatable bonds is 24. The fraction of sp³-hybridized carbons (Fsp3) is 0.459. The minimum absolute atomic E-state index is 0.0408. The summed E-state index contributed by atoms with van der Waals surface area (Å²) in [6.07, 6.45) is 8.49. The number of aromatic hydroxyl groups is 1. The van der Waals surface area contributed by atoms with E-state index in [1.807, 2.05) is 60.7 Å². The van der Waals surface area contributed by atoms with Gasteiger partial charge < -0.3 is 33.5 Å². The predicted molar refractivity (Wildman–Crippen MR) is 183 cm³/mol. The molecule has 0 amide bonds. The molecule has 0 atom stereocenters. The van der Waals surface area contributed by atoms with Crippen LogP contribution in [0.25, 0.3) is 12.2 Å². The number of ether oxygens (including phenoxy) is 6. The van der Waals surface area contributed by atoms with Crippen LogP contribution < -0.4 is 9.47 Å². The van der Waals surface area contributed by atoms with Gasteiger partial charge in [-0.25, -0.2) is 0 Å². The third-order valence-electron chi connectivity index (χ3n) is 6.88. The molecule has 250 valence electrons. The van der Waals surface area contributed by atoms with Crippen molar-refractivity contribution in [1.29, 1.82) is 0 Å². The van der Waals surface area contributed by atoms with Crippen LogP contribution in [0, 0.1) is 6.92 Å². The van der Waals surface area contributed by atoms with Gasteiger partial charge in [-0.1, -0.05) is 63.1 Å². The third kappa shape index (κ3) is 14.6. The molecular formula is C37H50N2O7. The van der Waals surface area contributed by atoms with E-state index in [4.69, 9.17) is 28.4 Å². The zero-order valence-corrected chi connectivity index (χ0v) is 27.6. The lowest BCUT2D eigenvalue weighted by atomic mass is 10.1. The summed E-state index contributed by atoms with van der Waals surface area (Å²) in [6, 6.07) is 19.1. The summed E-state index contributed by atoms with van der Waals surface area (Å²) in [7, 11) is 0. The highest BCUT2D eigenvalue weighted by Gasteiger charge is 2.10. The second-order valence-corrected chi connectivity index (χ2v) is 10.6. The topological polar surface area (TPSA) is 100 Å². The Labute approximate surface area is 274 Å². The molecule has 0 saturated carbocycles. The molecule has 0 radical (unpaired) electrons. The van der Waals surface area contributed by atoms with Gasteiger partial charge in [-0.3, -0.25) is 0 Å². The summed E-state index contributed by atoms with van der Waals surface area (Å²) in [4.78, 5) is 0. The molecule has 9 heteroatoms. The Kier molecular flexibility index (Phi) is 18.1. The van der Waals surface area contributed by atoms with Crippen molar-refractivity contribution < 1.29 is 33.5 Å². The van der Waals surface area contributed by atoms with E-state index in [0.717, 1.165) is 55.8 Å². The second-order valence-electron chi connectivity index (χ2n) is 10.6. The summed E-state index contributed by atoms with van der Waals surface area (Å²) < 4.78 is 33.6. The zero-order valence-electron chi connectivity index (χ0n) is 27.6. The summed E-state index contributed by atoms with van der Waals surface area (Å²) >= 11 is 0. The molecule has 3 rings (SSSR count). The fourth-order valence-electron chi connectivity index (χ4n) is 4.10. The fourth-order valence-corrected chi connectivity index (χ4v) is 4.10. The van der Waals surface area contributed by atoms with Gasteiger partial charge in [-0.15, -0.1) is 5.11 Å². The second kappa shape index (κ2) is 22.7. The monoisotopic (exact) mass is 634 g/mol. The Hall–Kier alpha value is -3.76. The van der Waals surface area contributed by atoms with Gasteiger partial charge in [0.2, 0.25) is 0 Å². The molecule has 0 aliphatic heterocycles. The maximum Gasteiger partial charge on any atom is 0.149 e. The molecule has 0 saturated heterocycles. The van der Waals surface area contributed by atoms with Gasteiger partial charge in [-0.05, 0) is 67.3 Å². The van der Waals surface area contributed by atoms with Crippen molar-refractivity contribution in [3.8, 4) is 17.2 Å². The summed E-state index contributed by atoms with van der Waals surface area (Å²) in [5.74, 6) is 1.43. The van der Waals surface area contributed by atoms with Crippen molar-refractivity contribution in [3.63, 3.8) is 0 Å². The van der Waals surface area contributed by atoms with Gasteiger partial charge in [0.15, 0.2) is 0 Å². The molecule has 0 bridgehead atoms. The smallest absolute Gasteiger partial charge is 0.149 e. The first-order chi connectivity index (χ1) is 22.6. The summed E-state index contributed by atoms with van der Waals surface area (Å²) in [5.41, 5.74) is 3.76. The van der Waals surface area contributed by atoms with E-state index >= 15 is 0 Å². The van der Waals surface area contributed by atoms with Crippen LogP contribution in [0.4, 0.5) is 11.4 Å². The molecule has 0 spiro atoms. The van der Waals surface area contributed by atoms with Crippen LogP contribution in [0.5, 0.6) is 17.2 Å².